The molecule has 0 unspecified atom stereocenters. The van der Waals surface area contributed by atoms with E-state index in [0.717, 1.165) is 59.4 Å². The molecule has 2 N–H and O–H groups in total. The number of ether oxygens (including phenoxy) is 2. The lowest BCUT2D eigenvalue weighted by molar-refractivity contribution is -0.253. The molecular weight excluding hydrogens is 598 g/mol. The van der Waals surface area contributed by atoms with E-state index in [1.165, 1.54) is 38.8 Å². The number of nitrogens with zero attached hydrogens (tertiary/aromatic N) is 2. The van der Waals surface area contributed by atoms with Gasteiger partial charge in [0.2, 0.25) is 0 Å². The highest BCUT2D eigenvalue weighted by molar-refractivity contribution is 5.94. The Bertz CT molecular complexity index is 1620. The van der Waals surface area contributed by atoms with Crippen molar-refractivity contribution >= 4 is 5.91 Å². The molecule has 4 atom stereocenters. The summed E-state index contributed by atoms with van der Waals surface area (Å²) in [6.07, 6.45) is 5.40. The highest BCUT2D eigenvalue weighted by Crippen LogP contribution is 2.39. The van der Waals surface area contributed by atoms with Crippen LogP contribution in [0.15, 0.2) is 103 Å². The predicted octanol–water partition coefficient (Wildman–Crippen LogP) is 6.88. The van der Waals surface area contributed by atoms with Crippen LogP contribution in [-0.4, -0.2) is 65.7 Å². The molecule has 48 heavy (non-hydrogen) atoms. The fraction of sp³-hybridized carbons (Fsp3) is 0.390. The van der Waals surface area contributed by atoms with Crippen LogP contribution in [0, 0.1) is 0 Å². The summed E-state index contributed by atoms with van der Waals surface area (Å²) < 4.78 is 13.4. The number of aliphatic hydroxyl groups is 1. The maximum atomic E-state index is 12.7. The van der Waals surface area contributed by atoms with Crippen LogP contribution < -0.4 is 5.32 Å². The van der Waals surface area contributed by atoms with E-state index in [2.05, 4.69) is 63.6 Å². The first-order valence-electron chi connectivity index (χ1n) is 17.6. The van der Waals surface area contributed by atoms with Crippen molar-refractivity contribution in [1.29, 1.82) is 0 Å². The molecule has 3 saturated heterocycles. The van der Waals surface area contributed by atoms with Crippen LogP contribution in [0.3, 0.4) is 0 Å². The quantitative estimate of drug-likeness (QED) is 0.185. The fourth-order valence-electron chi connectivity index (χ4n) is 7.54. The van der Waals surface area contributed by atoms with Gasteiger partial charge in [0, 0.05) is 43.2 Å². The summed E-state index contributed by atoms with van der Waals surface area (Å²) in [5, 5.41) is 12.7. The van der Waals surface area contributed by atoms with Gasteiger partial charge in [-0.05, 0) is 85.3 Å². The van der Waals surface area contributed by atoms with Crippen LogP contribution in [0.2, 0.25) is 0 Å². The molecule has 0 aliphatic carbocycles. The Hall–Kier alpha value is -3.85. The van der Waals surface area contributed by atoms with Crippen LogP contribution in [0.25, 0.3) is 11.1 Å². The first kappa shape index (κ1) is 32.7. The normalized spacial score (nSPS) is 23.4. The van der Waals surface area contributed by atoms with Crippen molar-refractivity contribution in [3.05, 3.63) is 131 Å². The van der Waals surface area contributed by atoms with E-state index < -0.39 is 6.29 Å². The molecule has 250 valence electrons. The monoisotopic (exact) mass is 645 g/mol. The van der Waals surface area contributed by atoms with Gasteiger partial charge in [-0.3, -0.25) is 9.69 Å². The fourth-order valence-corrected chi connectivity index (χ4v) is 7.54. The Kier molecular flexibility index (Phi) is 10.6. The Morgan fingerprint density at radius 1 is 0.771 bits per heavy atom. The Morgan fingerprint density at radius 2 is 1.50 bits per heavy atom. The van der Waals surface area contributed by atoms with Crippen LogP contribution in [0.1, 0.15) is 77.1 Å². The van der Waals surface area contributed by atoms with Crippen molar-refractivity contribution in [3.63, 3.8) is 0 Å². The molecule has 3 aliphatic heterocycles. The summed E-state index contributed by atoms with van der Waals surface area (Å²) in [5.74, 6) is -0.0845. The maximum absolute atomic E-state index is 12.7. The summed E-state index contributed by atoms with van der Waals surface area (Å²) in [5.41, 5.74) is 6.87. The number of aliphatic hydroxyl groups excluding tert-OH is 1. The summed E-state index contributed by atoms with van der Waals surface area (Å²) in [6.45, 7) is 6.13. The van der Waals surface area contributed by atoms with Crippen LogP contribution >= 0.6 is 0 Å². The predicted molar refractivity (Wildman–Crippen MR) is 188 cm³/mol. The van der Waals surface area contributed by atoms with Gasteiger partial charge in [0.05, 0.1) is 18.8 Å². The number of rotatable bonds is 11. The lowest BCUT2D eigenvalue weighted by Crippen LogP contribution is -2.45. The largest absolute Gasteiger partial charge is 0.392 e. The van der Waals surface area contributed by atoms with Gasteiger partial charge in [-0.2, -0.15) is 0 Å². The van der Waals surface area contributed by atoms with E-state index in [0.29, 0.717) is 18.2 Å². The Morgan fingerprint density at radius 3 is 2.27 bits per heavy atom. The van der Waals surface area contributed by atoms with Crippen molar-refractivity contribution < 1.29 is 19.4 Å². The molecule has 3 fully saturated rings. The molecule has 0 aromatic heterocycles. The highest BCUT2D eigenvalue weighted by Gasteiger charge is 2.36. The number of hydrogen-bond acceptors (Lipinski definition) is 6. The van der Waals surface area contributed by atoms with Gasteiger partial charge in [-0.15, -0.1) is 0 Å². The van der Waals surface area contributed by atoms with Crippen molar-refractivity contribution in [2.45, 2.75) is 69.8 Å². The zero-order valence-electron chi connectivity index (χ0n) is 27.7. The number of amides is 1. The summed E-state index contributed by atoms with van der Waals surface area (Å²) in [6, 6.07) is 34.7. The molecule has 0 bridgehead atoms. The summed E-state index contributed by atoms with van der Waals surface area (Å²) in [4.78, 5) is 18.0. The van der Waals surface area contributed by atoms with Gasteiger partial charge in [0.25, 0.3) is 5.91 Å². The van der Waals surface area contributed by atoms with E-state index in [9.17, 15) is 9.90 Å². The lowest BCUT2D eigenvalue weighted by atomic mass is 9.97. The number of carbonyl (C=O) groups is 1. The van der Waals surface area contributed by atoms with Gasteiger partial charge in [-0.25, -0.2) is 0 Å². The summed E-state index contributed by atoms with van der Waals surface area (Å²) in [7, 11) is 0. The average molecular weight is 646 g/mol. The van der Waals surface area contributed by atoms with Gasteiger partial charge in [0.15, 0.2) is 6.29 Å². The number of benzene rings is 4. The third-order valence-corrected chi connectivity index (χ3v) is 10.2. The third kappa shape index (κ3) is 7.88. The molecule has 4 aromatic carbocycles. The van der Waals surface area contributed by atoms with Crippen LogP contribution in [0.4, 0.5) is 0 Å². The van der Waals surface area contributed by atoms with Crippen LogP contribution in [-0.2, 0) is 22.6 Å². The molecule has 7 rings (SSSR count). The second-order valence-corrected chi connectivity index (χ2v) is 13.5. The molecule has 4 aromatic rings. The van der Waals surface area contributed by atoms with Gasteiger partial charge in [-0.1, -0.05) is 91.0 Å². The van der Waals surface area contributed by atoms with E-state index in [4.69, 9.17) is 9.47 Å². The second-order valence-electron chi connectivity index (χ2n) is 13.5. The minimum Gasteiger partial charge on any atom is -0.392 e. The van der Waals surface area contributed by atoms with Crippen molar-refractivity contribution in [1.82, 2.24) is 15.1 Å². The smallest absolute Gasteiger partial charge is 0.251 e. The molecule has 7 heteroatoms. The summed E-state index contributed by atoms with van der Waals surface area (Å²) >= 11 is 0. The Balaban J connectivity index is 1.07. The van der Waals surface area contributed by atoms with Crippen molar-refractivity contribution in [2.24, 2.45) is 0 Å². The maximum Gasteiger partial charge on any atom is 0.251 e. The third-order valence-electron chi connectivity index (χ3n) is 10.2. The van der Waals surface area contributed by atoms with Crippen LogP contribution in [0.5, 0.6) is 0 Å². The molecule has 1 amide bonds. The van der Waals surface area contributed by atoms with E-state index in [1.54, 1.807) is 0 Å². The Labute approximate surface area is 284 Å². The molecule has 3 aliphatic rings. The number of nitrogens with one attached hydrogen (secondary N) is 1. The number of likely N-dealkylation sites (tertiary alicyclic amines) is 2. The SMILES string of the molecule is O=C(NCc1ccccc1-c1ccc([C@@H]2O[C@H](CN3CCC[C@H]3CN3CCCC3)C[C@H](c3ccc(CO)cc3)O2)cc1)c1ccccc1. The highest BCUT2D eigenvalue weighted by atomic mass is 16.7. The minimum atomic E-state index is -0.486. The first-order valence-corrected chi connectivity index (χ1v) is 17.6. The van der Waals surface area contributed by atoms with Gasteiger partial charge >= 0.3 is 0 Å². The average Bonchev–Trinajstić information content (AvgIpc) is 3.83. The second kappa shape index (κ2) is 15.6. The molecule has 3 heterocycles. The lowest BCUT2D eigenvalue weighted by Gasteiger charge is -2.39. The topological polar surface area (TPSA) is 74.3 Å². The van der Waals surface area contributed by atoms with E-state index in [-0.39, 0.29) is 24.7 Å². The standard InChI is InChI=1S/C41H47N3O4/c45-29-30-14-16-32(17-15-30)39-25-37(28-44-24-8-12-36(44)27-43-22-6-7-23-43)47-41(48-39)34-20-18-31(19-21-34)38-13-5-4-11-35(38)26-42-40(46)33-9-2-1-3-10-33/h1-5,9-11,13-21,36-37,39,41,45H,6-8,12,22-29H2,(H,42,46)/t36-,37-,39+,41+/m0/s1. The van der Waals surface area contributed by atoms with Crippen molar-refractivity contribution in [3.8, 4) is 11.1 Å². The molecular formula is C41H47N3O4. The van der Waals surface area contributed by atoms with E-state index in [1.807, 2.05) is 54.6 Å². The van der Waals surface area contributed by atoms with E-state index >= 15 is 0 Å². The molecule has 0 radical (unpaired) electrons. The minimum absolute atomic E-state index is 0.0302. The van der Waals surface area contributed by atoms with Gasteiger partial charge in [0.1, 0.15) is 0 Å². The molecule has 0 saturated carbocycles. The van der Waals surface area contributed by atoms with Gasteiger partial charge < -0.3 is 24.8 Å². The number of hydrogen-bond donors (Lipinski definition) is 2. The number of carbonyl (C=O) groups excluding carboxylic acids is 1. The molecule has 0 spiro atoms. The zero-order valence-corrected chi connectivity index (χ0v) is 27.7. The first-order chi connectivity index (χ1) is 23.6. The van der Waals surface area contributed by atoms with Crippen molar-refractivity contribution in [2.75, 3.05) is 32.7 Å². The molecule has 7 nitrogen and oxygen atoms in total. The zero-order chi connectivity index (χ0) is 32.7.